The van der Waals surface area contributed by atoms with E-state index in [1.807, 2.05) is 12.1 Å². The van der Waals surface area contributed by atoms with E-state index in [9.17, 15) is 4.79 Å². The van der Waals surface area contributed by atoms with Crippen LogP contribution in [0.4, 0.5) is 0 Å². The first kappa shape index (κ1) is 18.4. The summed E-state index contributed by atoms with van der Waals surface area (Å²) < 4.78 is 0. The number of benzene rings is 1. The van der Waals surface area contributed by atoms with E-state index in [1.165, 1.54) is 0 Å². The number of carbonyl (C=O) groups excluding carboxylic acids is 1. The van der Waals surface area contributed by atoms with Gasteiger partial charge in [0.05, 0.1) is 6.04 Å². The molecule has 1 unspecified atom stereocenters. The average molecular weight is 304 g/mol. The summed E-state index contributed by atoms with van der Waals surface area (Å²) in [5, 5.41) is 0.668. The minimum Gasteiger partial charge on any atom is -0.294 e. The fraction of sp³-hybridized carbons (Fsp3) is 0.533. The van der Waals surface area contributed by atoms with Crippen LogP contribution in [0.25, 0.3) is 0 Å². The molecule has 1 aromatic rings. The van der Waals surface area contributed by atoms with Crippen molar-refractivity contribution < 1.29 is 4.79 Å². The summed E-state index contributed by atoms with van der Waals surface area (Å²) in [6, 6.07) is 7.18. The van der Waals surface area contributed by atoms with E-state index < -0.39 is 0 Å². The number of hydrogen-bond donors (Lipinski definition) is 0. The zero-order valence-corrected chi connectivity index (χ0v) is 13.4. The number of nitrogens with zero attached hydrogens (tertiary/aromatic N) is 1. The fourth-order valence-electron chi connectivity index (χ4n) is 2.22. The number of halogens is 2. The molecular formula is C15H23Cl2NO. The molecule has 0 aromatic heterocycles. The highest BCUT2D eigenvalue weighted by Crippen LogP contribution is 2.16. The molecule has 19 heavy (non-hydrogen) atoms. The van der Waals surface area contributed by atoms with Gasteiger partial charge in [-0.2, -0.15) is 0 Å². The predicted octanol–water partition coefficient (Wildman–Crippen LogP) is 4.46. The van der Waals surface area contributed by atoms with Crippen molar-refractivity contribution in [1.29, 1.82) is 0 Å². The van der Waals surface area contributed by atoms with Gasteiger partial charge in [-0.25, -0.2) is 0 Å². The number of rotatable bonds is 7. The van der Waals surface area contributed by atoms with Crippen molar-refractivity contribution in [3.63, 3.8) is 0 Å². The lowest BCUT2D eigenvalue weighted by Gasteiger charge is -2.28. The maximum Gasteiger partial charge on any atom is 0.179 e. The summed E-state index contributed by atoms with van der Waals surface area (Å²) in [5.74, 6) is 0.206. The maximum absolute atomic E-state index is 12.5. The van der Waals surface area contributed by atoms with Crippen molar-refractivity contribution in [3.05, 3.63) is 34.9 Å². The lowest BCUT2D eigenvalue weighted by molar-refractivity contribution is 0.0818. The Balaban J connectivity index is 0.00000324. The lowest BCUT2D eigenvalue weighted by atomic mass is 9.99. The number of ketones is 1. The average Bonchev–Trinajstić information content (AvgIpc) is 2.39. The summed E-state index contributed by atoms with van der Waals surface area (Å²) in [6.07, 6.45) is 1.92. The summed E-state index contributed by atoms with van der Waals surface area (Å²) in [6.45, 7) is 8.12. The number of likely N-dealkylation sites (N-methyl/N-ethyl adjacent to an activating group) is 1. The zero-order chi connectivity index (χ0) is 13.5. The van der Waals surface area contributed by atoms with Crippen LogP contribution >= 0.6 is 24.0 Å². The second kappa shape index (κ2) is 9.35. The lowest BCUT2D eigenvalue weighted by Crippen LogP contribution is -2.41. The van der Waals surface area contributed by atoms with Crippen molar-refractivity contribution in [3.8, 4) is 0 Å². The van der Waals surface area contributed by atoms with E-state index in [0.717, 1.165) is 31.5 Å². The minimum absolute atomic E-state index is 0. The van der Waals surface area contributed by atoms with Crippen LogP contribution in [-0.4, -0.2) is 29.8 Å². The first-order valence-electron chi connectivity index (χ1n) is 6.67. The van der Waals surface area contributed by atoms with E-state index in [4.69, 9.17) is 11.6 Å². The summed E-state index contributed by atoms with van der Waals surface area (Å²) in [4.78, 5) is 14.7. The van der Waals surface area contributed by atoms with Crippen molar-refractivity contribution >= 4 is 29.8 Å². The Bertz CT molecular complexity index is 374. The Labute approximate surface area is 127 Å². The number of hydrogen-bond acceptors (Lipinski definition) is 2. The molecule has 0 bridgehead atoms. The molecular weight excluding hydrogens is 281 g/mol. The quantitative estimate of drug-likeness (QED) is 0.693. The van der Waals surface area contributed by atoms with Crippen LogP contribution in [0, 0.1) is 0 Å². The zero-order valence-electron chi connectivity index (χ0n) is 11.9. The third-order valence-corrected chi connectivity index (χ3v) is 3.50. The maximum atomic E-state index is 12.5. The van der Waals surface area contributed by atoms with Crippen molar-refractivity contribution in [2.24, 2.45) is 0 Å². The van der Waals surface area contributed by atoms with Gasteiger partial charge < -0.3 is 0 Å². The van der Waals surface area contributed by atoms with Crippen LogP contribution < -0.4 is 0 Å². The van der Waals surface area contributed by atoms with Gasteiger partial charge in [0.25, 0.3) is 0 Å². The Morgan fingerprint density at radius 2 is 1.68 bits per heavy atom. The molecule has 0 aliphatic carbocycles. The summed E-state index contributed by atoms with van der Waals surface area (Å²) >= 11 is 5.85. The third kappa shape index (κ3) is 5.13. The van der Waals surface area contributed by atoms with Crippen LogP contribution in [0.5, 0.6) is 0 Å². The molecule has 0 fully saturated rings. The van der Waals surface area contributed by atoms with Gasteiger partial charge >= 0.3 is 0 Å². The molecule has 0 heterocycles. The van der Waals surface area contributed by atoms with Crippen molar-refractivity contribution in [1.82, 2.24) is 4.90 Å². The van der Waals surface area contributed by atoms with Gasteiger partial charge in [-0.05, 0) is 43.8 Å². The molecule has 0 aliphatic rings. The Morgan fingerprint density at radius 3 is 2.11 bits per heavy atom. The van der Waals surface area contributed by atoms with Gasteiger partial charge in [0.1, 0.15) is 0 Å². The molecule has 1 atom stereocenters. The largest absolute Gasteiger partial charge is 0.294 e. The highest BCUT2D eigenvalue weighted by atomic mass is 35.5. The van der Waals surface area contributed by atoms with Crippen LogP contribution in [0.15, 0.2) is 24.3 Å². The molecule has 0 radical (unpaired) electrons. The molecule has 1 aromatic carbocycles. The van der Waals surface area contributed by atoms with Crippen molar-refractivity contribution in [2.45, 2.75) is 39.7 Å². The Morgan fingerprint density at radius 1 is 1.16 bits per heavy atom. The van der Waals surface area contributed by atoms with Gasteiger partial charge in [0, 0.05) is 10.6 Å². The van der Waals surface area contributed by atoms with Crippen molar-refractivity contribution in [2.75, 3.05) is 13.1 Å². The molecule has 0 saturated carbocycles. The number of Topliss-reactive ketones (excluding diaryl/α,β-unsaturated/α-hetero) is 1. The second-order valence-electron chi connectivity index (χ2n) is 4.40. The molecule has 0 saturated heterocycles. The van der Waals surface area contributed by atoms with Crippen LogP contribution in [0.3, 0.4) is 0 Å². The van der Waals surface area contributed by atoms with E-state index in [-0.39, 0.29) is 24.2 Å². The van der Waals surface area contributed by atoms with Gasteiger partial charge in [-0.15, -0.1) is 12.4 Å². The molecule has 1 rings (SSSR count). The second-order valence-corrected chi connectivity index (χ2v) is 4.83. The molecule has 0 amide bonds. The molecule has 0 N–H and O–H groups in total. The molecule has 108 valence electrons. The van der Waals surface area contributed by atoms with Gasteiger partial charge in [0.2, 0.25) is 0 Å². The van der Waals surface area contributed by atoms with Gasteiger partial charge in [0.15, 0.2) is 5.78 Å². The third-order valence-electron chi connectivity index (χ3n) is 3.25. The first-order chi connectivity index (χ1) is 8.63. The van der Waals surface area contributed by atoms with Crippen LogP contribution in [-0.2, 0) is 0 Å². The van der Waals surface area contributed by atoms with Gasteiger partial charge in [-0.1, -0.05) is 38.8 Å². The predicted molar refractivity (Wildman–Crippen MR) is 84.6 cm³/mol. The fourth-order valence-corrected chi connectivity index (χ4v) is 2.35. The minimum atomic E-state index is -0.00817. The monoisotopic (exact) mass is 303 g/mol. The van der Waals surface area contributed by atoms with Crippen LogP contribution in [0.1, 0.15) is 44.0 Å². The highest BCUT2D eigenvalue weighted by Gasteiger charge is 2.23. The number of carbonyl (C=O) groups is 1. The Hall–Kier alpha value is -0.570. The summed E-state index contributed by atoms with van der Waals surface area (Å²) in [5.41, 5.74) is 0.754. The first-order valence-corrected chi connectivity index (χ1v) is 7.05. The standard InChI is InChI=1S/C15H22ClNO.ClH/c1-4-7-14(17(5-2)6-3)15(18)12-8-10-13(16)11-9-12;/h8-11,14H,4-7H2,1-3H3;1H. The van der Waals surface area contributed by atoms with E-state index in [2.05, 4.69) is 25.7 Å². The Kier molecular flexibility index (Phi) is 9.07. The van der Waals surface area contributed by atoms with E-state index >= 15 is 0 Å². The van der Waals surface area contributed by atoms with Gasteiger partial charge in [-0.3, -0.25) is 9.69 Å². The SMILES string of the molecule is CCCC(C(=O)c1ccc(Cl)cc1)N(CC)CC.Cl. The molecule has 0 spiro atoms. The van der Waals surface area contributed by atoms with Crippen LogP contribution in [0.2, 0.25) is 5.02 Å². The van der Waals surface area contributed by atoms with E-state index in [1.54, 1.807) is 12.1 Å². The smallest absolute Gasteiger partial charge is 0.179 e. The summed E-state index contributed by atoms with van der Waals surface area (Å²) in [7, 11) is 0. The highest BCUT2D eigenvalue weighted by molar-refractivity contribution is 6.30. The molecule has 4 heteroatoms. The topological polar surface area (TPSA) is 20.3 Å². The molecule has 2 nitrogen and oxygen atoms in total. The normalized spacial score (nSPS) is 12.1. The van der Waals surface area contributed by atoms with E-state index in [0.29, 0.717) is 5.02 Å². The molecule has 0 aliphatic heterocycles.